The third kappa shape index (κ3) is 4.09. The zero-order chi connectivity index (χ0) is 19.2. The van der Waals surface area contributed by atoms with Crippen molar-refractivity contribution in [2.24, 2.45) is 0 Å². The number of carbonyl (C=O) groups excluding carboxylic acids is 1. The minimum atomic E-state index is -0.151. The third-order valence-corrected chi connectivity index (χ3v) is 4.49. The molecule has 0 radical (unpaired) electrons. The topological polar surface area (TPSA) is 56.8 Å². The Bertz CT molecular complexity index is 956. The monoisotopic (exact) mass is 375 g/mol. The molecule has 0 spiro atoms. The van der Waals surface area contributed by atoms with E-state index in [-0.39, 0.29) is 5.91 Å². The van der Waals surface area contributed by atoms with E-state index in [0.717, 1.165) is 22.6 Å². The van der Waals surface area contributed by atoms with Gasteiger partial charge >= 0.3 is 0 Å². The summed E-state index contributed by atoms with van der Waals surface area (Å²) >= 11 is 0. The van der Waals surface area contributed by atoms with E-state index in [9.17, 15) is 4.79 Å². The maximum absolute atomic E-state index is 12.8. The van der Waals surface area contributed by atoms with E-state index in [1.807, 2.05) is 66.7 Å². The highest BCUT2D eigenvalue weighted by atomic mass is 16.6. The predicted molar refractivity (Wildman–Crippen MR) is 106 cm³/mol. The molecule has 0 saturated carbocycles. The predicted octanol–water partition coefficient (Wildman–Crippen LogP) is 3.97. The van der Waals surface area contributed by atoms with Gasteiger partial charge in [0.1, 0.15) is 25.6 Å². The summed E-state index contributed by atoms with van der Waals surface area (Å²) in [5.41, 5.74) is 2.32. The van der Waals surface area contributed by atoms with Crippen LogP contribution in [0.2, 0.25) is 0 Å². The van der Waals surface area contributed by atoms with Gasteiger partial charge < -0.3 is 19.5 Å². The van der Waals surface area contributed by atoms with Gasteiger partial charge in [-0.15, -0.1) is 0 Å². The van der Waals surface area contributed by atoms with Gasteiger partial charge in [0.05, 0.1) is 0 Å². The largest absolute Gasteiger partial charge is 0.489 e. The number of carbonyl (C=O) groups is 1. The fraction of sp³-hybridized carbons (Fsp3) is 0.174. The zero-order valence-electron chi connectivity index (χ0n) is 15.4. The molecule has 0 aromatic heterocycles. The number of ether oxygens (including phenoxy) is 3. The number of fused-ring (bicyclic) bond motifs is 1. The molecule has 0 unspecified atom stereocenters. The van der Waals surface area contributed by atoms with E-state index >= 15 is 0 Å². The molecule has 5 nitrogen and oxygen atoms in total. The molecule has 0 bridgehead atoms. The van der Waals surface area contributed by atoms with Crippen LogP contribution in [-0.2, 0) is 13.2 Å². The molecule has 5 heteroatoms. The second kappa shape index (κ2) is 8.48. The Morgan fingerprint density at radius 3 is 2.50 bits per heavy atom. The zero-order valence-corrected chi connectivity index (χ0v) is 15.4. The van der Waals surface area contributed by atoms with Gasteiger partial charge in [-0.3, -0.25) is 4.79 Å². The lowest BCUT2D eigenvalue weighted by Gasteiger charge is -2.21. The van der Waals surface area contributed by atoms with Gasteiger partial charge in [0.2, 0.25) is 0 Å². The maximum atomic E-state index is 12.8. The van der Waals surface area contributed by atoms with Gasteiger partial charge in [-0.1, -0.05) is 48.5 Å². The SMILES string of the molecule is O=C(NCc1cccc2c1OCCO2)c1ccccc1COc1ccccc1. The minimum Gasteiger partial charge on any atom is -0.489 e. The smallest absolute Gasteiger partial charge is 0.251 e. The first-order chi connectivity index (χ1) is 13.8. The second-order valence-corrected chi connectivity index (χ2v) is 6.38. The molecule has 1 N–H and O–H groups in total. The number of hydrogen-bond acceptors (Lipinski definition) is 4. The molecule has 1 aliphatic heterocycles. The first-order valence-corrected chi connectivity index (χ1v) is 9.23. The third-order valence-electron chi connectivity index (χ3n) is 4.49. The summed E-state index contributed by atoms with van der Waals surface area (Å²) in [6.45, 7) is 1.74. The van der Waals surface area contributed by atoms with Crippen LogP contribution in [0.5, 0.6) is 17.2 Å². The van der Waals surface area contributed by atoms with Crippen LogP contribution in [0.4, 0.5) is 0 Å². The normalized spacial score (nSPS) is 12.3. The molecular formula is C23H21NO4. The van der Waals surface area contributed by atoms with Crippen molar-refractivity contribution in [2.45, 2.75) is 13.2 Å². The summed E-state index contributed by atoms with van der Waals surface area (Å²) in [4.78, 5) is 12.8. The van der Waals surface area contributed by atoms with Gasteiger partial charge in [0.25, 0.3) is 5.91 Å². The molecule has 28 heavy (non-hydrogen) atoms. The van der Waals surface area contributed by atoms with Crippen LogP contribution < -0.4 is 19.5 Å². The number of rotatable bonds is 6. The van der Waals surface area contributed by atoms with Crippen molar-refractivity contribution in [1.82, 2.24) is 5.32 Å². The highest BCUT2D eigenvalue weighted by molar-refractivity contribution is 5.95. The van der Waals surface area contributed by atoms with Gasteiger partial charge in [0.15, 0.2) is 11.5 Å². The van der Waals surface area contributed by atoms with Crippen molar-refractivity contribution in [3.8, 4) is 17.2 Å². The average molecular weight is 375 g/mol. The Balaban J connectivity index is 1.44. The number of hydrogen-bond donors (Lipinski definition) is 1. The van der Waals surface area contributed by atoms with Crippen LogP contribution in [0.3, 0.4) is 0 Å². The maximum Gasteiger partial charge on any atom is 0.251 e. The Hall–Kier alpha value is -3.47. The molecule has 3 aromatic rings. The van der Waals surface area contributed by atoms with Gasteiger partial charge in [-0.05, 0) is 24.3 Å². The van der Waals surface area contributed by atoms with Gasteiger partial charge in [-0.25, -0.2) is 0 Å². The molecule has 1 amide bonds. The van der Waals surface area contributed by atoms with Crippen LogP contribution in [0.1, 0.15) is 21.5 Å². The van der Waals surface area contributed by atoms with E-state index in [2.05, 4.69) is 5.32 Å². The van der Waals surface area contributed by atoms with Crippen LogP contribution >= 0.6 is 0 Å². The summed E-state index contributed by atoms with van der Waals surface area (Å²) in [6.07, 6.45) is 0. The van der Waals surface area contributed by atoms with Crippen molar-refractivity contribution in [3.63, 3.8) is 0 Å². The van der Waals surface area contributed by atoms with E-state index in [4.69, 9.17) is 14.2 Å². The summed E-state index contributed by atoms with van der Waals surface area (Å²) in [6, 6.07) is 22.7. The molecule has 0 saturated heterocycles. The van der Waals surface area contributed by atoms with Crippen molar-refractivity contribution in [2.75, 3.05) is 13.2 Å². The average Bonchev–Trinajstić information content (AvgIpc) is 2.77. The number of nitrogens with one attached hydrogen (secondary N) is 1. The van der Waals surface area contributed by atoms with Crippen LogP contribution in [-0.4, -0.2) is 19.1 Å². The quantitative estimate of drug-likeness (QED) is 0.708. The van der Waals surface area contributed by atoms with Crippen LogP contribution in [0, 0.1) is 0 Å². The first kappa shape index (κ1) is 17.9. The highest BCUT2D eigenvalue weighted by Crippen LogP contribution is 2.33. The van der Waals surface area contributed by atoms with Crippen molar-refractivity contribution in [3.05, 3.63) is 89.5 Å². The molecular weight excluding hydrogens is 354 g/mol. The van der Waals surface area contributed by atoms with E-state index in [1.54, 1.807) is 6.07 Å². The molecule has 0 atom stereocenters. The highest BCUT2D eigenvalue weighted by Gasteiger charge is 2.17. The summed E-state index contributed by atoms with van der Waals surface area (Å²) in [7, 11) is 0. The summed E-state index contributed by atoms with van der Waals surface area (Å²) in [5, 5.41) is 2.97. The standard InChI is InChI=1S/C23H21NO4/c25-23(24-15-17-8-6-12-21-22(17)27-14-13-26-21)20-11-5-4-7-18(20)16-28-19-9-2-1-3-10-19/h1-12H,13-16H2,(H,24,25). The molecule has 1 heterocycles. The Kier molecular flexibility index (Phi) is 5.43. The lowest BCUT2D eigenvalue weighted by Crippen LogP contribution is -2.25. The molecule has 142 valence electrons. The number of amides is 1. The Morgan fingerprint density at radius 2 is 1.61 bits per heavy atom. The van der Waals surface area contributed by atoms with E-state index in [1.165, 1.54) is 0 Å². The lowest BCUT2D eigenvalue weighted by atomic mass is 10.1. The molecule has 0 aliphatic carbocycles. The molecule has 0 fully saturated rings. The van der Waals surface area contributed by atoms with Crippen molar-refractivity contribution in [1.29, 1.82) is 0 Å². The van der Waals surface area contributed by atoms with Crippen molar-refractivity contribution >= 4 is 5.91 Å². The summed E-state index contributed by atoms with van der Waals surface area (Å²) < 4.78 is 17.1. The van der Waals surface area contributed by atoms with E-state index < -0.39 is 0 Å². The molecule has 4 rings (SSSR count). The van der Waals surface area contributed by atoms with Gasteiger partial charge in [-0.2, -0.15) is 0 Å². The Morgan fingerprint density at radius 1 is 0.857 bits per heavy atom. The molecule has 1 aliphatic rings. The number of para-hydroxylation sites is 2. The van der Waals surface area contributed by atoms with Crippen molar-refractivity contribution < 1.29 is 19.0 Å². The molecule has 3 aromatic carbocycles. The second-order valence-electron chi connectivity index (χ2n) is 6.38. The van der Waals surface area contributed by atoms with Gasteiger partial charge in [0, 0.05) is 23.2 Å². The van der Waals surface area contributed by atoms with E-state index in [0.29, 0.717) is 37.7 Å². The fourth-order valence-electron chi connectivity index (χ4n) is 3.09. The Labute approximate surface area is 163 Å². The number of benzene rings is 3. The van der Waals surface area contributed by atoms with Crippen LogP contribution in [0.15, 0.2) is 72.8 Å². The minimum absolute atomic E-state index is 0.151. The lowest BCUT2D eigenvalue weighted by molar-refractivity contribution is 0.0947. The first-order valence-electron chi connectivity index (χ1n) is 9.23. The fourth-order valence-corrected chi connectivity index (χ4v) is 3.09. The van der Waals surface area contributed by atoms with Crippen LogP contribution in [0.25, 0.3) is 0 Å². The summed E-state index contributed by atoms with van der Waals surface area (Å²) in [5.74, 6) is 2.04.